The molecule has 1 N–H and O–H groups in total. The Kier molecular flexibility index (Phi) is 5.91. The molecule has 2 bridgehead atoms. The van der Waals surface area contributed by atoms with E-state index in [0.29, 0.717) is 25.0 Å². The minimum atomic E-state index is -0.102. The molecule has 7 rings (SSSR count). The number of aromatic nitrogens is 3. The standard InChI is InChI=1S/C26H31N5O4/c1-16-14-34-8-7-30(16)26-28-23-10-22(17-3-6-24(33-2)18(9-17)13-32)27-11-21(23)25(29-26)31-12-20-5-4-19(31)15-35-20/h3,6,9-11,16,19-20,32H,4-5,7-8,12-15H2,1-2H3/t16-,19?,20?/m0/s1. The van der Waals surface area contributed by atoms with Crippen LogP contribution in [0.1, 0.15) is 25.3 Å². The summed E-state index contributed by atoms with van der Waals surface area (Å²) in [5.74, 6) is 2.33. The third kappa shape index (κ3) is 4.07. The van der Waals surface area contributed by atoms with Gasteiger partial charge >= 0.3 is 0 Å². The molecule has 2 unspecified atom stereocenters. The first-order valence-corrected chi connectivity index (χ1v) is 12.3. The highest BCUT2D eigenvalue weighted by molar-refractivity contribution is 5.92. The van der Waals surface area contributed by atoms with E-state index in [1.54, 1.807) is 7.11 Å². The topological polar surface area (TPSA) is 93.1 Å². The minimum absolute atomic E-state index is 0.102. The molecule has 184 valence electrons. The maximum Gasteiger partial charge on any atom is 0.228 e. The predicted molar refractivity (Wildman–Crippen MR) is 133 cm³/mol. The molecule has 0 radical (unpaired) electrons. The first-order valence-electron chi connectivity index (χ1n) is 12.3. The third-order valence-corrected chi connectivity index (χ3v) is 7.38. The number of aliphatic hydroxyl groups is 1. The summed E-state index contributed by atoms with van der Waals surface area (Å²) in [6.07, 6.45) is 4.35. The average Bonchev–Trinajstić information content (AvgIpc) is 2.92. The number of hydrogen-bond donors (Lipinski definition) is 1. The maximum atomic E-state index is 9.78. The van der Waals surface area contributed by atoms with Crippen molar-refractivity contribution in [3.63, 3.8) is 0 Å². The number of nitrogens with zero attached hydrogens (tertiary/aromatic N) is 5. The largest absolute Gasteiger partial charge is 0.496 e. The summed E-state index contributed by atoms with van der Waals surface area (Å²) in [6, 6.07) is 8.29. The number of anilines is 2. The Balaban J connectivity index is 1.47. The van der Waals surface area contributed by atoms with Crippen LogP contribution in [0.2, 0.25) is 0 Å². The highest BCUT2D eigenvalue weighted by Crippen LogP contribution is 2.36. The Morgan fingerprint density at radius 1 is 1.14 bits per heavy atom. The molecule has 9 heteroatoms. The molecule has 4 aliphatic rings. The number of fused-ring (bicyclic) bond motifs is 4. The smallest absolute Gasteiger partial charge is 0.228 e. The molecule has 4 saturated heterocycles. The molecule has 3 atom stereocenters. The van der Waals surface area contributed by atoms with Crippen LogP contribution in [-0.4, -0.2) is 78.3 Å². The number of aliphatic hydroxyl groups excluding tert-OH is 1. The van der Waals surface area contributed by atoms with Gasteiger partial charge in [-0.05, 0) is 44.0 Å². The molecule has 1 aromatic carbocycles. The maximum absolute atomic E-state index is 9.78. The van der Waals surface area contributed by atoms with E-state index < -0.39 is 0 Å². The first-order chi connectivity index (χ1) is 17.1. The molecule has 4 aliphatic heterocycles. The zero-order valence-electron chi connectivity index (χ0n) is 20.2. The monoisotopic (exact) mass is 477 g/mol. The number of hydrogen-bond acceptors (Lipinski definition) is 9. The first kappa shape index (κ1) is 22.5. The van der Waals surface area contributed by atoms with Crippen LogP contribution in [-0.2, 0) is 16.1 Å². The zero-order chi connectivity index (χ0) is 23.9. The number of pyridine rings is 1. The fourth-order valence-corrected chi connectivity index (χ4v) is 5.40. The van der Waals surface area contributed by atoms with E-state index in [1.165, 1.54) is 0 Å². The van der Waals surface area contributed by atoms with Gasteiger partial charge in [0, 0.05) is 30.4 Å². The molecule has 0 spiro atoms. The number of morpholine rings is 2. The lowest BCUT2D eigenvalue weighted by Crippen LogP contribution is -2.55. The van der Waals surface area contributed by atoms with Gasteiger partial charge in [0.05, 0.1) is 68.3 Å². The normalized spacial score (nSPS) is 24.3. The van der Waals surface area contributed by atoms with Crippen molar-refractivity contribution in [3.05, 3.63) is 36.0 Å². The Bertz CT molecular complexity index is 1230. The van der Waals surface area contributed by atoms with Crippen molar-refractivity contribution in [1.29, 1.82) is 0 Å². The van der Waals surface area contributed by atoms with Crippen LogP contribution in [0, 0.1) is 0 Å². The van der Waals surface area contributed by atoms with Crippen LogP contribution < -0.4 is 14.5 Å². The van der Waals surface area contributed by atoms with Gasteiger partial charge in [-0.2, -0.15) is 4.98 Å². The highest BCUT2D eigenvalue weighted by atomic mass is 16.5. The minimum Gasteiger partial charge on any atom is -0.496 e. The molecule has 2 aromatic heterocycles. The van der Waals surface area contributed by atoms with Crippen LogP contribution >= 0.6 is 0 Å². The number of benzene rings is 1. The van der Waals surface area contributed by atoms with Crippen molar-refractivity contribution >= 4 is 22.7 Å². The second kappa shape index (κ2) is 9.22. The van der Waals surface area contributed by atoms with E-state index in [1.807, 2.05) is 30.5 Å². The number of rotatable bonds is 5. The van der Waals surface area contributed by atoms with E-state index in [2.05, 4.69) is 16.7 Å². The SMILES string of the molecule is COc1ccc(-c2cc3nc(N4CCOC[C@@H]4C)nc(N4CC5CCC4CO5)c3cn2)cc1CO. The second-order valence-corrected chi connectivity index (χ2v) is 9.57. The molecule has 0 saturated carbocycles. The fourth-order valence-electron chi connectivity index (χ4n) is 5.40. The lowest BCUT2D eigenvalue weighted by molar-refractivity contribution is -0.0227. The van der Waals surface area contributed by atoms with E-state index in [-0.39, 0.29) is 18.8 Å². The van der Waals surface area contributed by atoms with Crippen LogP contribution in [0.15, 0.2) is 30.5 Å². The third-order valence-electron chi connectivity index (χ3n) is 7.38. The summed E-state index contributed by atoms with van der Waals surface area (Å²) in [4.78, 5) is 19.6. The zero-order valence-corrected chi connectivity index (χ0v) is 20.2. The molecule has 6 heterocycles. The van der Waals surface area contributed by atoms with Gasteiger partial charge in [-0.25, -0.2) is 4.98 Å². The Hall–Kier alpha value is -3.01. The summed E-state index contributed by atoms with van der Waals surface area (Å²) >= 11 is 0. The second-order valence-electron chi connectivity index (χ2n) is 9.57. The van der Waals surface area contributed by atoms with Gasteiger partial charge in [-0.15, -0.1) is 0 Å². The van der Waals surface area contributed by atoms with E-state index in [9.17, 15) is 5.11 Å². The van der Waals surface area contributed by atoms with Gasteiger partial charge in [0.1, 0.15) is 11.6 Å². The lowest BCUT2D eigenvalue weighted by atomic mass is 9.96. The quantitative estimate of drug-likeness (QED) is 0.595. The van der Waals surface area contributed by atoms with E-state index in [4.69, 9.17) is 29.2 Å². The summed E-state index contributed by atoms with van der Waals surface area (Å²) in [6.45, 7) is 5.72. The number of piperidine rings is 1. The molecule has 35 heavy (non-hydrogen) atoms. The van der Waals surface area contributed by atoms with Crippen molar-refractivity contribution in [1.82, 2.24) is 15.0 Å². The summed E-state index contributed by atoms with van der Waals surface area (Å²) in [5, 5.41) is 10.7. The van der Waals surface area contributed by atoms with Gasteiger partial charge in [0.2, 0.25) is 5.95 Å². The van der Waals surface area contributed by atoms with Crippen LogP contribution in [0.25, 0.3) is 22.2 Å². The number of ether oxygens (including phenoxy) is 3. The summed E-state index contributed by atoms with van der Waals surface area (Å²) in [5.41, 5.74) is 3.28. The van der Waals surface area contributed by atoms with Gasteiger partial charge in [-0.3, -0.25) is 4.98 Å². The predicted octanol–water partition coefficient (Wildman–Crippen LogP) is 2.79. The van der Waals surface area contributed by atoms with E-state index in [0.717, 1.165) is 72.0 Å². The molecule has 4 fully saturated rings. The van der Waals surface area contributed by atoms with Crippen LogP contribution in [0.5, 0.6) is 5.75 Å². The molecule has 3 aromatic rings. The fraction of sp³-hybridized carbons (Fsp3) is 0.500. The lowest BCUT2D eigenvalue weighted by Gasteiger charge is -2.46. The molecule has 0 amide bonds. The van der Waals surface area contributed by atoms with Crippen molar-refractivity contribution in [3.8, 4) is 17.0 Å². The van der Waals surface area contributed by atoms with Crippen molar-refractivity contribution in [2.75, 3.05) is 49.8 Å². The summed E-state index contributed by atoms with van der Waals surface area (Å²) < 4.78 is 17.0. The van der Waals surface area contributed by atoms with Crippen LogP contribution in [0.3, 0.4) is 0 Å². The highest BCUT2D eigenvalue weighted by Gasteiger charge is 2.37. The van der Waals surface area contributed by atoms with Gasteiger partial charge < -0.3 is 29.1 Å². The van der Waals surface area contributed by atoms with Crippen LogP contribution in [0.4, 0.5) is 11.8 Å². The molecule has 9 nitrogen and oxygen atoms in total. The Labute approximate surface area is 204 Å². The van der Waals surface area contributed by atoms with Gasteiger partial charge in [0.25, 0.3) is 0 Å². The average molecular weight is 478 g/mol. The molecule has 0 aliphatic carbocycles. The van der Waals surface area contributed by atoms with Crippen molar-refractivity contribution in [2.45, 2.75) is 44.6 Å². The molecular weight excluding hydrogens is 446 g/mol. The Morgan fingerprint density at radius 2 is 2.06 bits per heavy atom. The Morgan fingerprint density at radius 3 is 2.77 bits per heavy atom. The van der Waals surface area contributed by atoms with Gasteiger partial charge in [-0.1, -0.05) is 0 Å². The number of methoxy groups -OCH3 is 1. The van der Waals surface area contributed by atoms with Gasteiger partial charge in [0.15, 0.2) is 0 Å². The van der Waals surface area contributed by atoms with Crippen molar-refractivity contribution < 1.29 is 19.3 Å². The summed E-state index contributed by atoms with van der Waals surface area (Å²) in [7, 11) is 1.60. The van der Waals surface area contributed by atoms with Crippen molar-refractivity contribution in [2.24, 2.45) is 0 Å². The van der Waals surface area contributed by atoms with E-state index >= 15 is 0 Å². The molecular formula is C26H31N5O4.